The third-order valence-electron chi connectivity index (χ3n) is 2.07. The van der Waals surface area contributed by atoms with Gasteiger partial charge in [0.2, 0.25) is 0 Å². The third-order valence-corrected chi connectivity index (χ3v) is 2.56. The molecule has 0 heterocycles. The van der Waals surface area contributed by atoms with Crippen LogP contribution in [0.4, 0.5) is 13.2 Å². The summed E-state index contributed by atoms with van der Waals surface area (Å²) in [4.78, 5) is 0. The van der Waals surface area contributed by atoms with Crippen LogP contribution >= 0.6 is 15.9 Å². The van der Waals surface area contributed by atoms with Crippen molar-refractivity contribution < 1.29 is 23.0 Å². The summed E-state index contributed by atoms with van der Waals surface area (Å²) in [5.74, 6) is 0.271. The molecule has 6 heteroatoms. The molecule has 1 N–H and O–H groups in total. The van der Waals surface area contributed by atoms with Gasteiger partial charge < -0.3 is 9.84 Å². The minimum absolute atomic E-state index is 0.271. The lowest BCUT2D eigenvalue weighted by atomic mass is 10.1. The van der Waals surface area contributed by atoms with Gasteiger partial charge in [0, 0.05) is 10.0 Å². The van der Waals surface area contributed by atoms with Crippen LogP contribution < -0.4 is 4.74 Å². The first-order valence-corrected chi connectivity index (χ1v) is 5.76. The van der Waals surface area contributed by atoms with E-state index in [1.807, 2.05) is 0 Å². The van der Waals surface area contributed by atoms with Gasteiger partial charge in [-0.2, -0.15) is 13.2 Å². The summed E-state index contributed by atoms with van der Waals surface area (Å²) in [5.41, 5.74) is 0.460. The second-order valence-corrected chi connectivity index (χ2v) is 4.49. The molecule has 17 heavy (non-hydrogen) atoms. The molecular formula is C11H12BrF3O2. The number of alkyl halides is 3. The van der Waals surface area contributed by atoms with Gasteiger partial charge in [-0.15, -0.1) is 0 Å². The molecule has 0 aliphatic carbocycles. The molecular weight excluding hydrogens is 301 g/mol. The van der Waals surface area contributed by atoms with E-state index in [9.17, 15) is 18.3 Å². The fourth-order valence-corrected chi connectivity index (χ4v) is 1.63. The Kier molecular flexibility index (Phi) is 4.82. The molecule has 96 valence electrons. The van der Waals surface area contributed by atoms with Crippen LogP contribution in [-0.4, -0.2) is 17.9 Å². The van der Waals surface area contributed by atoms with Gasteiger partial charge in [0.1, 0.15) is 5.75 Å². The van der Waals surface area contributed by atoms with Gasteiger partial charge in [-0.05, 0) is 25.1 Å². The lowest BCUT2D eigenvalue weighted by Crippen LogP contribution is -2.13. The summed E-state index contributed by atoms with van der Waals surface area (Å²) in [6.07, 6.45) is -6.05. The number of hydrogen-bond acceptors (Lipinski definition) is 2. The van der Waals surface area contributed by atoms with Gasteiger partial charge in [0.05, 0.1) is 19.1 Å². The molecule has 0 unspecified atom stereocenters. The highest BCUT2D eigenvalue weighted by atomic mass is 79.9. The fraction of sp³-hybridized carbons (Fsp3) is 0.455. The first-order chi connectivity index (χ1) is 7.79. The van der Waals surface area contributed by atoms with Crippen LogP contribution in [-0.2, 0) is 0 Å². The standard InChI is InChI=1S/C11H12BrF3O2/c1-7(16)9-6-8(12)2-3-10(9)17-5-4-11(13,14)15/h2-3,6-7,16H,4-5H2,1H3/t7-/m1/s1. The van der Waals surface area contributed by atoms with Crippen molar-refractivity contribution in [2.75, 3.05) is 6.61 Å². The van der Waals surface area contributed by atoms with Gasteiger partial charge in [-0.25, -0.2) is 0 Å². The average Bonchev–Trinajstić information content (AvgIpc) is 2.18. The Morgan fingerprint density at radius 1 is 1.41 bits per heavy atom. The molecule has 1 rings (SSSR count). The number of hydrogen-bond donors (Lipinski definition) is 1. The average molecular weight is 313 g/mol. The van der Waals surface area contributed by atoms with Gasteiger partial charge in [-0.1, -0.05) is 15.9 Å². The summed E-state index contributed by atoms with van der Waals surface area (Å²) < 4.78 is 41.6. The number of rotatable bonds is 4. The molecule has 0 saturated heterocycles. The lowest BCUT2D eigenvalue weighted by molar-refractivity contribution is -0.139. The Morgan fingerprint density at radius 3 is 2.59 bits per heavy atom. The summed E-state index contributed by atoms with van der Waals surface area (Å²) >= 11 is 3.22. The van der Waals surface area contributed by atoms with Crippen LogP contribution in [0.2, 0.25) is 0 Å². The van der Waals surface area contributed by atoms with Gasteiger partial charge >= 0.3 is 6.18 Å². The zero-order valence-corrected chi connectivity index (χ0v) is 10.7. The van der Waals surface area contributed by atoms with Crippen molar-refractivity contribution >= 4 is 15.9 Å². The Hall–Kier alpha value is -0.750. The second kappa shape index (κ2) is 5.73. The van der Waals surface area contributed by atoms with Crippen molar-refractivity contribution in [3.05, 3.63) is 28.2 Å². The van der Waals surface area contributed by atoms with Crippen molar-refractivity contribution in [3.63, 3.8) is 0 Å². The monoisotopic (exact) mass is 312 g/mol. The molecule has 1 aromatic carbocycles. The molecule has 0 amide bonds. The van der Waals surface area contributed by atoms with Crippen LogP contribution in [0.25, 0.3) is 0 Å². The maximum absolute atomic E-state index is 11.9. The van der Waals surface area contributed by atoms with Crippen molar-refractivity contribution in [2.24, 2.45) is 0 Å². The number of aliphatic hydroxyl groups excluding tert-OH is 1. The largest absolute Gasteiger partial charge is 0.493 e. The maximum Gasteiger partial charge on any atom is 0.392 e. The van der Waals surface area contributed by atoms with Crippen molar-refractivity contribution in [1.29, 1.82) is 0 Å². The summed E-state index contributed by atoms with van der Waals surface area (Å²) in [6, 6.07) is 4.80. The van der Waals surface area contributed by atoms with Gasteiger partial charge in [0.25, 0.3) is 0 Å². The van der Waals surface area contributed by atoms with Crippen molar-refractivity contribution in [2.45, 2.75) is 25.6 Å². The minimum atomic E-state index is -4.24. The molecule has 1 aromatic rings. The second-order valence-electron chi connectivity index (χ2n) is 3.57. The number of halogens is 4. The van der Waals surface area contributed by atoms with Gasteiger partial charge in [0.15, 0.2) is 0 Å². The van der Waals surface area contributed by atoms with Crippen LogP contribution in [0.5, 0.6) is 5.75 Å². The molecule has 0 aliphatic rings. The molecule has 0 spiro atoms. The van der Waals surface area contributed by atoms with E-state index in [4.69, 9.17) is 4.74 Å². The Balaban J connectivity index is 2.70. The molecule has 0 saturated carbocycles. The highest BCUT2D eigenvalue weighted by molar-refractivity contribution is 9.10. The number of benzene rings is 1. The molecule has 0 aromatic heterocycles. The Labute approximate surface area is 106 Å². The quantitative estimate of drug-likeness (QED) is 0.915. The van der Waals surface area contributed by atoms with E-state index in [0.717, 1.165) is 4.47 Å². The van der Waals surface area contributed by atoms with Crippen LogP contribution in [0.15, 0.2) is 22.7 Å². The first-order valence-electron chi connectivity index (χ1n) is 4.96. The van der Waals surface area contributed by atoms with E-state index in [0.29, 0.717) is 5.56 Å². The van der Waals surface area contributed by atoms with E-state index in [1.165, 1.54) is 13.0 Å². The topological polar surface area (TPSA) is 29.5 Å². The SMILES string of the molecule is C[C@@H](O)c1cc(Br)ccc1OCCC(F)(F)F. The Morgan fingerprint density at radius 2 is 2.06 bits per heavy atom. The minimum Gasteiger partial charge on any atom is -0.493 e. The van der Waals surface area contributed by atoms with Gasteiger partial charge in [-0.3, -0.25) is 0 Å². The highest BCUT2D eigenvalue weighted by Crippen LogP contribution is 2.29. The predicted octanol–water partition coefficient (Wildman–Crippen LogP) is 3.83. The lowest BCUT2D eigenvalue weighted by Gasteiger charge is -2.14. The smallest absolute Gasteiger partial charge is 0.392 e. The summed E-state index contributed by atoms with van der Waals surface area (Å²) in [6.45, 7) is 1.07. The van der Waals surface area contributed by atoms with E-state index in [-0.39, 0.29) is 5.75 Å². The molecule has 2 nitrogen and oxygen atoms in total. The molecule has 0 bridgehead atoms. The molecule has 1 atom stereocenters. The first kappa shape index (κ1) is 14.3. The van der Waals surface area contributed by atoms with E-state index in [1.54, 1.807) is 12.1 Å². The van der Waals surface area contributed by atoms with Crippen molar-refractivity contribution in [3.8, 4) is 5.75 Å². The normalized spacial score (nSPS) is 13.5. The summed E-state index contributed by atoms with van der Waals surface area (Å²) in [5, 5.41) is 9.47. The van der Waals surface area contributed by atoms with E-state index in [2.05, 4.69) is 15.9 Å². The van der Waals surface area contributed by atoms with Crippen LogP contribution in [0, 0.1) is 0 Å². The van der Waals surface area contributed by atoms with Crippen molar-refractivity contribution in [1.82, 2.24) is 0 Å². The van der Waals surface area contributed by atoms with Crippen LogP contribution in [0.1, 0.15) is 25.0 Å². The summed E-state index contributed by atoms with van der Waals surface area (Å²) in [7, 11) is 0. The molecule has 0 radical (unpaired) electrons. The van der Waals surface area contributed by atoms with E-state index < -0.39 is 25.3 Å². The molecule has 0 aliphatic heterocycles. The van der Waals surface area contributed by atoms with Crippen LogP contribution in [0.3, 0.4) is 0 Å². The zero-order valence-electron chi connectivity index (χ0n) is 9.09. The van der Waals surface area contributed by atoms with E-state index >= 15 is 0 Å². The number of ether oxygens (including phenoxy) is 1. The fourth-order valence-electron chi connectivity index (χ4n) is 1.25. The molecule has 0 fully saturated rings. The zero-order chi connectivity index (χ0) is 13.1. The Bertz CT molecular complexity index is 377. The third kappa shape index (κ3) is 4.95. The predicted molar refractivity (Wildman–Crippen MR) is 60.9 cm³/mol. The highest BCUT2D eigenvalue weighted by Gasteiger charge is 2.27. The maximum atomic E-state index is 11.9. The number of aliphatic hydroxyl groups is 1.